The summed E-state index contributed by atoms with van der Waals surface area (Å²) in [7, 11) is 3.20. The Kier molecular flexibility index (Phi) is 21.0. The van der Waals surface area contributed by atoms with Crippen molar-refractivity contribution in [2.45, 2.75) is 60.8 Å². The molecule has 0 aliphatic carbocycles. The Hall–Kier alpha value is -3.39. The third-order valence-corrected chi connectivity index (χ3v) is 4.76. The number of hydrogen-bond acceptors (Lipinski definition) is 8. The first-order chi connectivity index (χ1) is 17.6. The monoisotopic (exact) mass is 552 g/mol. The molecule has 2 aromatic rings. The van der Waals surface area contributed by atoms with Crippen LogP contribution in [0.1, 0.15) is 68.4 Å². The van der Waals surface area contributed by atoms with Crippen LogP contribution in [0.25, 0.3) is 0 Å². The van der Waals surface area contributed by atoms with Gasteiger partial charge in [0, 0.05) is 12.8 Å². The van der Waals surface area contributed by atoms with Crippen LogP contribution in [0.3, 0.4) is 0 Å². The van der Waals surface area contributed by atoms with Crippen LogP contribution in [0.2, 0.25) is 0 Å². The second-order valence-electron chi connectivity index (χ2n) is 7.61. The van der Waals surface area contributed by atoms with Gasteiger partial charge in [-0.05, 0) is 74.7 Å². The predicted molar refractivity (Wildman–Crippen MR) is 149 cm³/mol. The zero-order chi connectivity index (χ0) is 28.2. The van der Waals surface area contributed by atoms with E-state index >= 15 is 0 Å². The molecule has 8 nitrogen and oxygen atoms in total. The van der Waals surface area contributed by atoms with Crippen molar-refractivity contribution >= 4 is 34.6 Å². The maximum Gasteiger partial charge on any atom is 0.306 e. The van der Waals surface area contributed by atoms with Gasteiger partial charge in [0.15, 0.2) is 5.78 Å². The highest BCUT2D eigenvalue weighted by Crippen LogP contribution is 2.22. The van der Waals surface area contributed by atoms with Crippen molar-refractivity contribution in [3.05, 3.63) is 59.2 Å². The molecule has 0 atom stereocenters. The molecule has 0 aliphatic rings. The smallest absolute Gasteiger partial charge is 0.306 e. The van der Waals surface area contributed by atoms with Crippen molar-refractivity contribution in [3.8, 4) is 11.5 Å². The number of benzene rings is 2. The highest BCUT2D eigenvalue weighted by atomic mass is 35.5. The van der Waals surface area contributed by atoms with Gasteiger partial charge in [0.2, 0.25) is 5.24 Å². The molecule has 0 radical (unpaired) electrons. The second kappa shape index (κ2) is 21.7. The minimum absolute atomic E-state index is 0. The number of carbonyl (C=O) groups excluding carboxylic acids is 4. The predicted octanol–water partition coefficient (Wildman–Crippen LogP) is 6.26. The van der Waals surface area contributed by atoms with Crippen molar-refractivity contribution in [1.29, 1.82) is 0 Å². The molecule has 0 spiro atoms. The molecule has 0 saturated heterocycles. The standard InChI is InChI=1S/C14H18O4.C8H10O.C6H9ClO3.CH4/c1-4-18-14(16)8-7-12(15)11-6-5-10(2)9-13(11)17-3;1-7-4-3-5-8(6-7)9-2;1-2-10-6(9)4-3-5(7)8;/h5-6,9H,4,7-8H2,1-3H3;3-6H,1-2H3;2-4H2,1H3;1H4. The number of carbonyl (C=O) groups is 4. The lowest BCUT2D eigenvalue weighted by atomic mass is 10.0. The highest BCUT2D eigenvalue weighted by Gasteiger charge is 2.14. The molecular weight excluding hydrogens is 512 g/mol. The van der Waals surface area contributed by atoms with Gasteiger partial charge in [-0.2, -0.15) is 0 Å². The largest absolute Gasteiger partial charge is 0.497 e. The number of methoxy groups -OCH3 is 2. The number of Topliss-reactive ketones (excluding diaryl/α,β-unsaturated/α-hetero) is 1. The lowest BCUT2D eigenvalue weighted by Gasteiger charge is -2.08. The Labute approximate surface area is 231 Å². The van der Waals surface area contributed by atoms with Crippen LogP contribution < -0.4 is 9.47 Å². The fourth-order valence-corrected chi connectivity index (χ4v) is 2.88. The summed E-state index contributed by atoms with van der Waals surface area (Å²) < 4.78 is 19.5. The number of aryl methyl sites for hydroxylation is 2. The summed E-state index contributed by atoms with van der Waals surface area (Å²) in [6.45, 7) is 8.09. The molecule has 0 N–H and O–H groups in total. The molecule has 0 saturated carbocycles. The van der Waals surface area contributed by atoms with E-state index in [0.717, 1.165) is 11.3 Å². The number of hydrogen-bond donors (Lipinski definition) is 0. The molecule has 212 valence electrons. The Balaban J connectivity index is 0. The molecule has 0 aromatic heterocycles. The molecule has 0 fully saturated rings. The fraction of sp³-hybridized carbons (Fsp3) is 0.448. The van der Waals surface area contributed by atoms with E-state index in [2.05, 4.69) is 4.74 Å². The zero-order valence-corrected chi connectivity index (χ0v) is 23.2. The van der Waals surface area contributed by atoms with E-state index in [0.29, 0.717) is 24.5 Å². The van der Waals surface area contributed by atoms with Gasteiger partial charge < -0.3 is 18.9 Å². The van der Waals surface area contributed by atoms with Gasteiger partial charge in [-0.1, -0.05) is 25.6 Å². The van der Waals surface area contributed by atoms with Crippen LogP contribution in [0, 0.1) is 13.8 Å². The maximum absolute atomic E-state index is 12.0. The number of esters is 2. The van der Waals surface area contributed by atoms with Crippen LogP contribution in [0.4, 0.5) is 0 Å². The molecule has 2 rings (SSSR count). The van der Waals surface area contributed by atoms with Crippen molar-refractivity contribution < 1.29 is 38.1 Å². The number of ether oxygens (including phenoxy) is 4. The van der Waals surface area contributed by atoms with E-state index in [4.69, 9.17) is 25.8 Å². The quantitative estimate of drug-likeness (QED) is 0.182. The van der Waals surface area contributed by atoms with Crippen LogP contribution in [-0.2, 0) is 23.9 Å². The van der Waals surface area contributed by atoms with E-state index in [1.807, 2.05) is 44.2 Å². The minimum Gasteiger partial charge on any atom is -0.497 e. The number of rotatable bonds is 11. The third-order valence-electron chi connectivity index (χ3n) is 4.58. The van der Waals surface area contributed by atoms with Gasteiger partial charge in [0.25, 0.3) is 0 Å². The van der Waals surface area contributed by atoms with Crippen LogP contribution in [0.15, 0.2) is 42.5 Å². The zero-order valence-electron chi connectivity index (χ0n) is 22.4. The SMILES string of the molecule is C.CCOC(=O)CCC(=O)Cl.CCOC(=O)CCC(=O)c1ccc(C)cc1OC.COc1cccc(C)c1. The molecule has 0 bridgehead atoms. The molecule has 0 amide bonds. The molecule has 0 unspecified atom stereocenters. The average Bonchev–Trinajstić information content (AvgIpc) is 2.87. The molecule has 2 aromatic carbocycles. The van der Waals surface area contributed by atoms with Crippen LogP contribution in [0.5, 0.6) is 11.5 Å². The number of halogens is 1. The second-order valence-corrected chi connectivity index (χ2v) is 8.03. The molecule has 0 aliphatic heterocycles. The van der Waals surface area contributed by atoms with Crippen molar-refractivity contribution in [2.75, 3.05) is 27.4 Å². The summed E-state index contributed by atoms with van der Waals surface area (Å²) in [5.41, 5.74) is 2.76. The topological polar surface area (TPSA) is 105 Å². The van der Waals surface area contributed by atoms with Crippen molar-refractivity contribution in [1.82, 2.24) is 0 Å². The normalized spacial score (nSPS) is 9.24. The summed E-state index contributed by atoms with van der Waals surface area (Å²) in [6, 6.07) is 13.3. The first-order valence-electron chi connectivity index (χ1n) is 11.9. The van der Waals surface area contributed by atoms with Gasteiger partial charge in [-0.25, -0.2) is 0 Å². The first kappa shape index (κ1) is 36.8. The van der Waals surface area contributed by atoms with Gasteiger partial charge in [0.1, 0.15) is 11.5 Å². The van der Waals surface area contributed by atoms with Crippen molar-refractivity contribution in [3.63, 3.8) is 0 Å². The van der Waals surface area contributed by atoms with E-state index in [9.17, 15) is 19.2 Å². The van der Waals surface area contributed by atoms with Crippen LogP contribution in [-0.4, -0.2) is 50.4 Å². The molecule has 38 heavy (non-hydrogen) atoms. The Morgan fingerprint density at radius 1 is 0.737 bits per heavy atom. The lowest BCUT2D eigenvalue weighted by Crippen LogP contribution is -2.09. The fourth-order valence-electron chi connectivity index (χ4n) is 2.79. The highest BCUT2D eigenvalue weighted by molar-refractivity contribution is 6.63. The third kappa shape index (κ3) is 17.1. The minimum atomic E-state index is -0.506. The number of ketones is 1. The van der Waals surface area contributed by atoms with Gasteiger partial charge in [-0.3, -0.25) is 19.2 Å². The molecule has 0 heterocycles. The Morgan fingerprint density at radius 3 is 1.74 bits per heavy atom. The first-order valence-corrected chi connectivity index (χ1v) is 12.2. The van der Waals surface area contributed by atoms with Gasteiger partial charge >= 0.3 is 11.9 Å². The average molecular weight is 553 g/mol. The van der Waals surface area contributed by atoms with Crippen molar-refractivity contribution in [2.24, 2.45) is 0 Å². The molecular formula is C29H41ClO8. The van der Waals surface area contributed by atoms with E-state index in [1.165, 1.54) is 12.7 Å². The van der Waals surface area contributed by atoms with E-state index in [1.54, 1.807) is 33.1 Å². The summed E-state index contributed by atoms with van der Waals surface area (Å²) >= 11 is 4.98. The Bertz CT molecular complexity index is 1000. The van der Waals surface area contributed by atoms with E-state index in [-0.39, 0.29) is 50.8 Å². The summed E-state index contributed by atoms with van der Waals surface area (Å²) in [5.74, 6) is 0.632. The summed E-state index contributed by atoms with van der Waals surface area (Å²) in [5, 5.41) is -0.506. The van der Waals surface area contributed by atoms with Gasteiger partial charge in [-0.15, -0.1) is 0 Å². The van der Waals surface area contributed by atoms with Gasteiger partial charge in [0.05, 0.1) is 45.8 Å². The summed E-state index contributed by atoms with van der Waals surface area (Å²) in [6.07, 6.45) is 0.374. The molecule has 9 heteroatoms. The lowest BCUT2D eigenvalue weighted by molar-refractivity contribution is -0.144. The Morgan fingerprint density at radius 2 is 1.29 bits per heavy atom. The van der Waals surface area contributed by atoms with E-state index < -0.39 is 5.24 Å². The maximum atomic E-state index is 12.0. The summed E-state index contributed by atoms with van der Waals surface area (Å²) in [4.78, 5) is 43.8. The van der Waals surface area contributed by atoms with Crippen LogP contribution >= 0.6 is 11.6 Å².